The van der Waals surface area contributed by atoms with Gasteiger partial charge in [-0.2, -0.15) is 0 Å². The van der Waals surface area contributed by atoms with Gasteiger partial charge >= 0.3 is 7.60 Å². The molecule has 0 bridgehead atoms. The van der Waals surface area contributed by atoms with Gasteiger partial charge in [0.15, 0.2) is 0 Å². The topological polar surface area (TPSA) is 57.5 Å². The Morgan fingerprint density at radius 3 is 1.17 bits per heavy atom. The molecule has 146 valence electrons. The summed E-state index contributed by atoms with van der Waals surface area (Å²) in [7, 11) is -3.91. The maximum absolute atomic E-state index is 11.7. The summed E-state index contributed by atoms with van der Waals surface area (Å²) in [4.78, 5) is 19.1. The lowest BCUT2D eigenvalue weighted by atomic mass is 10.0. The molecule has 0 aliphatic heterocycles. The highest BCUT2D eigenvalue weighted by Gasteiger charge is 2.27. The van der Waals surface area contributed by atoms with Crippen molar-refractivity contribution in [1.82, 2.24) is 0 Å². The molecule has 0 spiro atoms. The van der Waals surface area contributed by atoms with Gasteiger partial charge in [-0.05, 0) is 12.8 Å². The van der Waals surface area contributed by atoms with Crippen LogP contribution in [0.1, 0.15) is 123 Å². The van der Waals surface area contributed by atoms with Crippen molar-refractivity contribution in [2.24, 2.45) is 0 Å². The van der Waals surface area contributed by atoms with Gasteiger partial charge in [0.2, 0.25) is 0 Å². The summed E-state index contributed by atoms with van der Waals surface area (Å²) < 4.78 is 11.7. The molecule has 4 heteroatoms. The summed E-state index contributed by atoms with van der Waals surface area (Å²) in [6.45, 7) is 4.45. The van der Waals surface area contributed by atoms with Crippen LogP contribution in [-0.2, 0) is 4.57 Å². The molecule has 0 aliphatic rings. The van der Waals surface area contributed by atoms with Gasteiger partial charge in [-0.25, -0.2) is 0 Å². The largest absolute Gasteiger partial charge is 0.328 e. The lowest BCUT2D eigenvalue weighted by Gasteiger charge is -2.18. The molecule has 2 N–H and O–H groups in total. The molecule has 3 nitrogen and oxygen atoms in total. The van der Waals surface area contributed by atoms with Gasteiger partial charge in [0, 0.05) is 0 Å². The van der Waals surface area contributed by atoms with Crippen LogP contribution in [0.2, 0.25) is 0 Å². The molecule has 0 radical (unpaired) electrons. The zero-order valence-electron chi connectivity index (χ0n) is 16.3. The van der Waals surface area contributed by atoms with Gasteiger partial charge in [-0.1, -0.05) is 110 Å². The van der Waals surface area contributed by atoms with Crippen LogP contribution in [0.5, 0.6) is 0 Å². The second-order valence-corrected chi connectivity index (χ2v) is 9.32. The van der Waals surface area contributed by atoms with E-state index >= 15 is 0 Å². The molecule has 0 aromatic rings. The average Bonchev–Trinajstić information content (AvgIpc) is 2.53. The Labute approximate surface area is 151 Å². The van der Waals surface area contributed by atoms with Crippen LogP contribution in [-0.4, -0.2) is 15.4 Å². The molecular weight excluding hydrogens is 319 g/mol. The number of rotatable bonds is 18. The maximum atomic E-state index is 11.7. The average molecular weight is 363 g/mol. The molecule has 0 rings (SSSR count). The summed E-state index contributed by atoms with van der Waals surface area (Å²) in [5, 5.41) is 0. The summed E-state index contributed by atoms with van der Waals surface area (Å²) in [5.41, 5.74) is -0.395. The first-order valence-electron chi connectivity index (χ1n) is 10.6. The standard InChI is InChI=1S/C20H43O3P/c1-3-5-7-9-11-13-15-17-19-20(24(21,22)23)18-16-14-12-10-8-6-4-2/h20H,3-19H2,1-2H3,(H2,21,22,23). The minimum Gasteiger partial charge on any atom is -0.324 e. The van der Waals surface area contributed by atoms with Crippen molar-refractivity contribution in [1.29, 1.82) is 0 Å². The molecule has 0 fully saturated rings. The predicted octanol–water partition coefficient (Wildman–Crippen LogP) is 7.20. The fourth-order valence-corrected chi connectivity index (χ4v) is 4.37. The zero-order valence-corrected chi connectivity index (χ0v) is 17.2. The molecule has 24 heavy (non-hydrogen) atoms. The predicted molar refractivity (Wildman–Crippen MR) is 106 cm³/mol. The molecule has 1 atom stereocenters. The fraction of sp³-hybridized carbons (Fsp3) is 1.00. The fourth-order valence-electron chi connectivity index (χ4n) is 3.33. The molecule has 0 aromatic carbocycles. The van der Waals surface area contributed by atoms with Crippen LogP contribution in [0.15, 0.2) is 0 Å². The Balaban J connectivity index is 3.70. The Bertz CT molecular complexity index is 301. The highest BCUT2D eigenvalue weighted by Crippen LogP contribution is 2.46. The van der Waals surface area contributed by atoms with Crippen LogP contribution in [0, 0.1) is 0 Å². The summed E-state index contributed by atoms with van der Waals surface area (Å²) >= 11 is 0. The molecule has 0 amide bonds. The Hall–Kier alpha value is 0.150. The van der Waals surface area contributed by atoms with E-state index in [0.717, 1.165) is 25.7 Å². The van der Waals surface area contributed by atoms with Crippen molar-refractivity contribution in [3.63, 3.8) is 0 Å². The molecule has 0 aliphatic carbocycles. The molecule has 0 saturated heterocycles. The smallest absolute Gasteiger partial charge is 0.324 e. The minimum absolute atomic E-state index is 0.395. The van der Waals surface area contributed by atoms with E-state index in [1.165, 1.54) is 70.6 Å². The second kappa shape index (κ2) is 16.6. The van der Waals surface area contributed by atoms with Gasteiger partial charge < -0.3 is 9.79 Å². The van der Waals surface area contributed by atoms with Crippen LogP contribution in [0.3, 0.4) is 0 Å². The lowest BCUT2D eigenvalue weighted by molar-refractivity contribution is 0.345. The van der Waals surface area contributed by atoms with E-state index in [2.05, 4.69) is 13.8 Å². The van der Waals surface area contributed by atoms with Gasteiger partial charge in [0.25, 0.3) is 0 Å². The van der Waals surface area contributed by atoms with Gasteiger partial charge in [0.1, 0.15) is 0 Å². The Kier molecular flexibility index (Phi) is 16.7. The number of hydrogen-bond donors (Lipinski definition) is 2. The third kappa shape index (κ3) is 15.7. The number of hydrogen-bond acceptors (Lipinski definition) is 1. The minimum atomic E-state index is -3.91. The van der Waals surface area contributed by atoms with E-state index in [4.69, 9.17) is 0 Å². The highest BCUT2D eigenvalue weighted by atomic mass is 31.2. The van der Waals surface area contributed by atoms with Crippen LogP contribution in [0.4, 0.5) is 0 Å². The zero-order chi connectivity index (χ0) is 18.1. The maximum Gasteiger partial charge on any atom is 0.328 e. The number of unbranched alkanes of at least 4 members (excludes halogenated alkanes) is 13. The van der Waals surface area contributed by atoms with E-state index in [1.807, 2.05) is 0 Å². The molecule has 0 saturated carbocycles. The van der Waals surface area contributed by atoms with Crippen molar-refractivity contribution in [2.75, 3.05) is 0 Å². The van der Waals surface area contributed by atoms with Gasteiger partial charge in [-0.3, -0.25) is 4.57 Å². The van der Waals surface area contributed by atoms with Crippen LogP contribution >= 0.6 is 7.60 Å². The van der Waals surface area contributed by atoms with Crippen molar-refractivity contribution >= 4 is 7.60 Å². The van der Waals surface area contributed by atoms with Crippen molar-refractivity contribution in [3.05, 3.63) is 0 Å². The van der Waals surface area contributed by atoms with E-state index < -0.39 is 13.3 Å². The first kappa shape index (κ1) is 24.1. The molecule has 0 heterocycles. The van der Waals surface area contributed by atoms with Crippen LogP contribution < -0.4 is 0 Å². The van der Waals surface area contributed by atoms with Crippen LogP contribution in [0.25, 0.3) is 0 Å². The van der Waals surface area contributed by atoms with Gasteiger partial charge in [-0.15, -0.1) is 0 Å². The van der Waals surface area contributed by atoms with E-state index in [-0.39, 0.29) is 0 Å². The molecule has 0 aromatic heterocycles. The summed E-state index contributed by atoms with van der Waals surface area (Å²) in [5.74, 6) is 0. The van der Waals surface area contributed by atoms with Crippen molar-refractivity contribution < 1.29 is 14.4 Å². The lowest BCUT2D eigenvalue weighted by Crippen LogP contribution is -2.08. The highest BCUT2D eigenvalue weighted by molar-refractivity contribution is 7.52. The first-order chi connectivity index (χ1) is 11.5. The third-order valence-electron chi connectivity index (χ3n) is 5.01. The first-order valence-corrected chi connectivity index (χ1v) is 12.3. The van der Waals surface area contributed by atoms with E-state index in [0.29, 0.717) is 12.8 Å². The van der Waals surface area contributed by atoms with Crippen molar-refractivity contribution in [3.8, 4) is 0 Å². The Morgan fingerprint density at radius 2 is 0.875 bits per heavy atom. The second-order valence-electron chi connectivity index (χ2n) is 7.42. The quantitative estimate of drug-likeness (QED) is 0.200. The molecular formula is C20H43O3P. The normalized spacial score (nSPS) is 13.3. The molecule has 1 unspecified atom stereocenters. The van der Waals surface area contributed by atoms with Gasteiger partial charge in [0.05, 0.1) is 5.66 Å². The monoisotopic (exact) mass is 362 g/mol. The summed E-state index contributed by atoms with van der Waals surface area (Å²) in [6, 6.07) is 0. The van der Waals surface area contributed by atoms with Crippen molar-refractivity contribution in [2.45, 2.75) is 129 Å². The summed E-state index contributed by atoms with van der Waals surface area (Å²) in [6.07, 6.45) is 19.7. The van der Waals surface area contributed by atoms with E-state index in [9.17, 15) is 14.4 Å². The Morgan fingerprint density at radius 1 is 0.583 bits per heavy atom. The van der Waals surface area contributed by atoms with E-state index in [1.54, 1.807) is 0 Å². The third-order valence-corrected chi connectivity index (χ3v) is 6.48. The SMILES string of the molecule is CCCCCCCCCCC(CCCCCCCCC)P(=O)(O)O.